The smallest absolute Gasteiger partial charge is 0.335 e. The molecule has 0 atom stereocenters. The van der Waals surface area contributed by atoms with E-state index < -0.39 is 5.97 Å². The Morgan fingerprint density at radius 1 is 1.05 bits per heavy atom. The van der Waals surface area contributed by atoms with E-state index in [9.17, 15) is 14.7 Å². The van der Waals surface area contributed by atoms with Gasteiger partial charge in [0.1, 0.15) is 0 Å². The lowest BCUT2D eigenvalue weighted by molar-refractivity contribution is -0.139. The van der Waals surface area contributed by atoms with Crippen LogP contribution in [0.4, 0.5) is 0 Å². The molecule has 2 aromatic carbocycles. The van der Waals surface area contributed by atoms with E-state index in [4.69, 9.17) is 0 Å². The monoisotopic (exact) mass is 284 g/mol. The molecule has 1 N–H and O–H groups in total. The number of hydrogen-bond donors (Lipinski definition) is 1. The molecule has 0 aliphatic rings. The number of aromatic carboxylic acids is 1. The number of hydrogen-bond acceptors (Lipinski definition) is 3. The van der Waals surface area contributed by atoms with Crippen LogP contribution < -0.4 is 0 Å². The maximum atomic E-state index is 11.3. The Morgan fingerprint density at radius 3 is 2.48 bits per heavy atom. The van der Waals surface area contributed by atoms with E-state index in [1.165, 1.54) is 7.11 Å². The Morgan fingerprint density at radius 2 is 1.76 bits per heavy atom. The molecule has 0 saturated carbocycles. The normalized spacial score (nSPS) is 10.1. The van der Waals surface area contributed by atoms with Crippen molar-refractivity contribution < 1.29 is 19.4 Å². The third kappa shape index (κ3) is 3.92. The van der Waals surface area contributed by atoms with Gasteiger partial charge in [0.2, 0.25) is 0 Å². The summed E-state index contributed by atoms with van der Waals surface area (Å²) in [6, 6.07) is 14.4. The van der Waals surface area contributed by atoms with Crippen LogP contribution in [0.25, 0.3) is 0 Å². The number of carboxylic acids is 1. The van der Waals surface area contributed by atoms with E-state index in [2.05, 4.69) is 4.74 Å². The van der Waals surface area contributed by atoms with E-state index in [0.717, 1.165) is 16.7 Å². The van der Waals surface area contributed by atoms with Crippen LogP contribution in [0.2, 0.25) is 0 Å². The van der Waals surface area contributed by atoms with Gasteiger partial charge in [0.15, 0.2) is 0 Å². The highest BCUT2D eigenvalue weighted by Gasteiger charge is 2.10. The Balaban J connectivity index is 2.22. The van der Waals surface area contributed by atoms with Crippen LogP contribution >= 0.6 is 0 Å². The van der Waals surface area contributed by atoms with Gasteiger partial charge in [0.25, 0.3) is 0 Å². The maximum Gasteiger partial charge on any atom is 0.335 e. The molecule has 4 heteroatoms. The van der Waals surface area contributed by atoms with Gasteiger partial charge in [-0.05, 0) is 29.2 Å². The molecule has 2 aromatic rings. The van der Waals surface area contributed by atoms with Gasteiger partial charge < -0.3 is 9.84 Å². The van der Waals surface area contributed by atoms with E-state index in [-0.39, 0.29) is 12.4 Å². The minimum absolute atomic E-state index is 0.213. The van der Waals surface area contributed by atoms with Crippen LogP contribution in [-0.4, -0.2) is 24.2 Å². The molecule has 0 aliphatic carbocycles. The fourth-order valence-corrected chi connectivity index (χ4v) is 2.19. The Labute approximate surface area is 123 Å². The second-order valence-electron chi connectivity index (χ2n) is 4.71. The predicted molar refractivity (Wildman–Crippen MR) is 78.4 cm³/mol. The van der Waals surface area contributed by atoms with Gasteiger partial charge in [-0.1, -0.05) is 42.5 Å². The number of esters is 1. The number of carbonyl (C=O) groups is 2. The first-order valence-corrected chi connectivity index (χ1v) is 6.56. The minimum Gasteiger partial charge on any atom is -0.478 e. The lowest BCUT2D eigenvalue weighted by Crippen LogP contribution is -2.05. The summed E-state index contributed by atoms with van der Waals surface area (Å²) in [6.45, 7) is 0. The Bertz CT molecular complexity index is 661. The molecule has 0 aliphatic heterocycles. The third-order valence-electron chi connectivity index (χ3n) is 3.21. The molecule has 21 heavy (non-hydrogen) atoms. The molecular formula is C17H16O4. The maximum absolute atomic E-state index is 11.3. The van der Waals surface area contributed by atoms with Crippen LogP contribution in [0.15, 0.2) is 48.5 Å². The summed E-state index contributed by atoms with van der Waals surface area (Å²) in [5, 5.41) is 9.19. The van der Waals surface area contributed by atoms with Crippen LogP contribution in [0.5, 0.6) is 0 Å². The van der Waals surface area contributed by atoms with Gasteiger partial charge in [-0.2, -0.15) is 0 Å². The van der Waals surface area contributed by atoms with Crippen molar-refractivity contribution in [3.63, 3.8) is 0 Å². The van der Waals surface area contributed by atoms with Crippen molar-refractivity contribution in [1.29, 1.82) is 0 Å². The molecule has 0 heterocycles. The second kappa shape index (κ2) is 6.70. The molecule has 0 amide bonds. The summed E-state index contributed by atoms with van der Waals surface area (Å²) >= 11 is 0. The molecule has 0 unspecified atom stereocenters. The second-order valence-corrected chi connectivity index (χ2v) is 4.71. The molecule has 0 aromatic heterocycles. The van der Waals surface area contributed by atoms with Crippen molar-refractivity contribution >= 4 is 11.9 Å². The summed E-state index contributed by atoms with van der Waals surface area (Å²) < 4.78 is 4.65. The summed E-state index contributed by atoms with van der Waals surface area (Å²) in [5.41, 5.74) is 2.87. The number of carboxylic acid groups (broad SMARTS) is 1. The molecule has 4 nitrogen and oxygen atoms in total. The first-order valence-electron chi connectivity index (χ1n) is 6.56. The lowest BCUT2D eigenvalue weighted by Gasteiger charge is -2.07. The van der Waals surface area contributed by atoms with Crippen molar-refractivity contribution in [2.24, 2.45) is 0 Å². The number of carbonyl (C=O) groups excluding carboxylic acids is 1. The summed E-state index contributed by atoms with van der Waals surface area (Å²) in [5.74, 6) is -1.23. The van der Waals surface area contributed by atoms with Crippen molar-refractivity contribution in [3.05, 3.63) is 70.8 Å². The van der Waals surface area contributed by atoms with E-state index >= 15 is 0 Å². The number of rotatable bonds is 5. The van der Waals surface area contributed by atoms with Gasteiger partial charge in [0.05, 0.1) is 19.1 Å². The number of benzene rings is 2. The fraction of sp³-hybridized carbons (Fsp3) is 0.176. The topological polar surface area (TPSA) is 63.6 Å². The van der Waals surface area contributed by atoms with Gasteiger partial charge in [-0.15, -0.1) is 0 Å². The van der Waals surface area contributed by atoms with Crippen molar-refractivity contribution in [3.8, 4) is 0 Å². The van der Waals surface area contributed by atoms with Gasteiger partial charge in [-0.25, -0.2) is 4.79 Å². The predicted octanol–water partition coefficient (Wildman–Crippen LogP) is 2.69. The summed E-state index contributed by atoms with van der Waals surface area (Å²) in [6.07, 6.45) is 0.725. The summed E-state index contributed by atoms with van der Waals surface area (Å²) in [7, 11) is 1.36. The van der Waals surface area contributed by atoms with Crippen LogP contribution in [0.3, 0.4) is 0 Å². The quantitative estimate of drug-likeness (QED) is 0.857. The average Bonchev–Trinajstić information content (AvgIpc) is 2.48. The van der Waals surface area contributed by atoms with Crippen molar-refractivity contribution in [1.82, 2.24) is 0 Å². The van der Waals surface area contributed by atoms with Crippen molar-refractivity contribution in [2.45, 2.75) is 12.8 Å². The number of methoxy groups -OCH3 is 1. The third-order valence-corrected chi connectivity index (χ3v) is 3.21. The van der Waals surface area contributed by atoms with E-state index in [1.54, 1.807) is 18.2 Å². The highest BCUT2D eigenvalue weighted by molar-refractivity contribution is 5.89. The Kier molecular flexibility index (Phi) is 4.72. The fourth-order valence-electron chi connectivity index (χ4n) is 2.19. The molecule has 0 spiro atoms. The molecule has 0 saturated heterocycles. The minimum atomic E-state index is -0.934. The summed E-state index contributed by atoms with van der Waals surface area (Å²) in [4.78, 5) is 22.5. The molecule has 0 radical (unpaired) electrons. The highest BCUT2D eigenvalue weighted by Crippen LogP contribution is 2.16. The zero-order valence-electron chi connectivity index (χ0n) is 11.7. The molecule has 2 rings (SSSR count). The lowest BCUT2D eigenvalue weighted by atomic mass is 9.98. The molecule has 0 bridgehead atoms. The SMILES string of the molecule is COC(=O)Cc1cccc(Cc2ccccc2C(=O)O)c1. The van der Waals surface area contributed by atoms with E-state index in [0.29, 0.717) is 12.0 Å². The van der Waals surface area contributed by atoms with Crippen LogP contribution in [0, 0.1) is 0 Å². The van der Waals surface area contributed by atoms with E-state index in [1.807, 2.05) is 30.3 Å². The zero-order chi connectivity index (χ0) is 15.2. The number of ether oxygens (including phenoxy) is 1. The average molecular weight is 284 g/mol. The van der Waals surface area contributed by atoms with Gasteiger partial charge in [-0.3, -0.25) is 4.79 Å². The van der Waals surface area contributed by atoms with Crippen LogP contribution in [0.1, 0.15) is 27.0 Å². The van der Waals surface area contributed by atoms with Crippen LogP contribution in [-0.2, 0) is 22.4 Å². The first-order chi connectivity index (χ1) is 10.1. The van der Waals surface area contributed by atoms with Crippen molar-refractivity contribution in [2.75, 3.05) is 7.11 Å². The molecular weight excluding hydrogens is 268 g/mol. The standard InChI is InChI=1S/C17H16O4/c1-21-16(18)11-13-6-4-5-12(9-13)10-14-7-2-3-8-15(14)17(19)20/h2-9H,10-11H2,1H3,(H,19,20). The molecule has 0 fully saturated rings. The van der Waals surface area contributed by atoms with Gasteiger partial charge >= 0.3 is 11.9 Å². The molecule has 108 valence electrons. The Hall–Kier alpha value is -2.62. The first kappa shape index (κ1) is 14.8. The highest BCUT2D eigenvalue weighted by atomic mass is 16.5. The van der Waals surface area contributed by atoms with Gasteiger partial charge in [0, 0.05) is 0 Å². The zero-order valence-corrected chi connectivity index (χ0v) is 11.7. The largest absolute Gasteiger partial charge is 0.478 e.